The predicted molar refractivity (Wildman–Crippen MR) is 109 cm³/mol. The quantitative estimate of drug-likeness (QED) is 0.419. The van der Waals surface area contributed by atoms with Gasteiger partial charge in [-0.1, -0.05) is 73.1 Å². The highest BCUT2D eigenvalue weighted by Gasteiger charge is 2.41. The van der Waals surface area contributed by atoms with Crippen LogP contribution >= 0.6 is 0 Å². The SMILES string of the molecule is C=C(C#C[Si](C(C)C)(C(C)C)C(C)C)C(C)c1cccc(OC)c1. The molecule has 1 rings (SSSR count). The first-order valence-electron chi connectivity index (χ1n) is 9.02. The Kier molecular flexibility index (Phi) is 7.36. The number of methoxy groups -OCH3 is 1. The zero-order valence-corrected chi connectivity index (χ0v) is 17.7. The second kappa shape index (κ2) is 8.58. The molecule has 1 atom stereocenters. The molecule has 0 amide bonds. The monoisotopic (exact) mass is 342 g/mol. The summed E-state index contributed by atoms with van der Waals surface area (Å²) in [6.07, 6.45) is 0. The van der Waals surface area contributed by atoms with E-state index in [1.54, 1.807) is 7.11 Å². The second-order valence-corrected chi connectivity index (χ2v) is 13.3. The van der Waals surface area contributed by atoms with E-state index in [2.05, 4.69) is 78.6 Å². The topological polar surface area (TPSA) is 9.23 Å². The molecule has 0 bridgehead atoms. The van der Waals surface area contributed by atoms with E-state index >= 15 is 0 Å². The maximum Gasteiger partial charge on any atom is 0.146 e. The first kappa shape index (κ1) is 20.6. The molecule has 1 aromatic rings. The van der Waals surface area contributed by atoms with Crippen LogP contribution in [0.4, 0.5) is 0 Å². The Labute approximate surface area is 150 Å². The third-order valence-corrected chi connectivity index (χ3v) is 11.7. The third-order valence-electron chi connectivity index (χ3n) is 5.42. The highest BCUT2D eigenvalue weighted by atomic mass is 28.3. The van der Waals surface area contributed by atoms with Crippen LogP contribution in [0.1, 0.15) is 59.9 Å². The Balaban J connectivity index is 3.14. The Morgan fingerprint density at radius 2 is 1.54 bits per heavy atom. The van der Waals surface area contributed by atoms with E-state index in [0.29, 0.717) is 16.6 Å². The van der Waals surface area contributed by atoms with Crippen LogP contribution in [-0.2, 0) is 0 Å². The van der Waals surface area contributed by atoms with Crippen molar-refractivity contribution < 1.29 is 4.74 Å². The molecule has 0 fully saturated rings. The third kappa shape index (κ3) is 4.33. The van der Waals surface area contributed by atoms with Crippen molar-refractivity contribution >= 4 is 8.07 Å². The molecule has 0 saturated carbocycles. The Bertz CT molecular complexity index is 595. The lowest BCUT2D eigenvalue weighted by molar-refractivity contribution is 0.414. The van der Waals surface area contributed by atoms with Crippen molar-refractivity contribution in [2.24, 2.45) is 0 Å². The van der Waals surface area contributed by atoms with Crippen LogP contribution in [0.5, 0.6) is 5.75 Å². The molecule has 0 aliphatic carbocycles. The molecule has 1 nitrogen and oxygen atoms in total. The van der Waals surface area contributed by atoms with Crippen LogP contribution in [0.3, 0.4) is 0 Å². The molecule has 1 aromatic carbocycles. The lowest BCUT2D eigenvalue weighted by atomic mass is 9.94. The first-order valence-corrected chi connectivity index (χ1v) is 11.3. The van der Waals surface area contributed by atoms with Gasteiger partial charge in [0.15, 0.2) is 0 Å². The van der Waals surface area contributed by atoms with E-state index < -0.39 is 8.07 Å². The molecule has 0 spiro atoms. The van der Waals surface area contributed by atoms with Crippen molar-refractivity contribution in [3.63, 3.8) is 0 Å². The number of rotatable bonds is 6. The lowest BCUT2D eigenvalue weighted by Gasteiger charge is -2.38. The predicted octanol–water partition coefficient (Wildman–Crippen LogP) is 6.58. The fraction of sp³-hybridized carbons (Fsp3) is 0.545. The Morgan fingerprint density at radius 3 is 2.00 bits per heavy atom. The zero-order valence-electron chi connectivity index (χ0n) is 16.7. The number of allylic oxidation sites excluding steroid dienone is 1. The van der Waals surface area contributed by atoms with Crippen LogP contribution < -0.4 is 4.74 Å². The summed E-state index contributed by atoms with van der Waals surface area (Å²) >= 11 is 0. The fourth-order valence-corrected chi connectivity index (χ4v) is 9.08. The molecule has 0 saturated heterocycles. The lowest BCUT2D eigenvalue weighted by Crippen LogP contribution is -2.43. The smallest absolute Gasteiger partial charge is 0.146 e. The summed E-state index contributed by atoms with van der Waals surface area (Å²) in [7, 11) is -0.000935. The van der Waals surface area contributed by atoms with Gasteiger partial charge in [0.25, 0.3) is 0 Å². The Hall–Kier alpha value is -1.46. The standard InChI is InChI=1S/C22H34OSi/c1-16(2)24(17(3)4,18(5)6)14-13-19(7)20(8)21-11-10-12-22(15-21)23-9/h10-12,15-18,20H,7H2,1-6,8-9H3. The van der Waals surface area contributed by atoms with Crippen molar-refractivity contribution in [3.8, 4) is 17.2 Å². The number of ether oxygens (including phenoxy) is 1. The summed E-state index contributed by atoms with van der Waals surface area (Å²) < 4.78 is 5.33. The number of hydrogen-bond donors (Lipinski definition) is 0. The van der Waals surface area contributed by atoms with Crippen LogP contribution in [0.15, 0.2) is 36.4 Å². The van der Waals surface area contributed by atoms with Crippen molar-refractivity contribution in [3.05, 3.63) is 42.0 Å². The van der Waals surface area contributed by atoms with Crippen LogP contribution in [0.2, 0.25) is 16.6 Å². The van der Waals surface area contributed by atoms with Crippen LogP contribution in [0, 0.1) is 11.5 Å². The fourth-order valence-electron chi connectivity index (χ4n) is 3.84. The van der Waals surface area contributed by atoms with Gasteiger partial charge in [-0.15, -0.1) is 5.54 Å². The van der Waals surface area contributed by atoms with Crippen molar-refractivity contribution in [1.29, 1.82) is 0 Å². The van der Waals surface area contributed by atoms with Gasteiger partial charge in [0, 0.05) is 11.5 Å². The molecular formula is C22H34OSi. The average molecular weight is 343 g/mol. The minimum absolute atomic E-state index is 0.214. The first-order chi connectivity index (χ1) is 11.2. The molecule has 0 aromatic heterocycles. The minimum atomic E-state index is -1.70. The number of hydrogen-bond acceptors (Lipinski definition) is 1. The molecule has 0 heterocycles. The maximum absolute atomic E-state index is 5.33. The minimum Gasteiger partial charge on any atom is -0.497 e. The van der Waals surface area contributed by atoms with Crippen LogP contribution in [-0.4, -0.2) is 15.2 Å². The van der Waals surface area contributed by atoms with E-state index in [1.807, 2.05) is 12.1 Å². The van der Waals surface area contributed by atoms with Gasteiger partial charge in [0.2, 0.25) is 0 Å². The van der Waals surface area contributed by atoms with Crippen LogP contribution in [0.25, 0.3) is 0 Å². The molecule has 1 unspecified atom stereocenters. The maximum atomic E-state index is 5.33. The molecule has 0 N–H and O–H groups in total. The molecule has 0 radical (unpaired) electrons. The second-order valence-electron chi connectivity index (χ2n) is 7.67. The van der Waals surface area contributed by atoms with Crippen molar-refractivity contribution in [2.45, 2.75) is 71.0 Å². The summed E-state index contributed by atoms with van der Waals surface area (Å²) in [5.74, 6) is 4.58. The van der Waals surface area contributed by atoms with Gasteiger partial charge in [-0.2, -0.15) is 0 Å². The van der Waals surface area contributed by atoms with Gasteiger partial charge >= 0.3 is 0 Å². The number of benzene rings is 1. The van der Waals surface area contributed by atoms with Crippen molar-refractivity contribution in [1.82, 2.24) is 0 Å². The van der Waals surface area contributed by atoms with Gasteiger partial charge in [-0.3, -0.25) is 0 Å². The summed E-state index contributed by atoms with van der Waals surface area (Å²) in [5, 5.41) is 0. The normalized spacial score (nSPS) is 13.0. The average Bonchev–Trinajstić information content (AvgIpc) is 2.53. The van der Waals surface area contributed by atoms with Gasteiger partial charge in [-0.05, 0) is 34.3 Å². The van der Waals surface area contributed by atoms with E-state index in [-0.39, 0.29) is 5.92 Å². The van der Waals surface area contributed by atoms with E-state index in [4.69, 9.17) is 4.74 Å². The van der Waals surface area contributed by atoms with Gasteiger partial charge < -0.3 is 4.74 Å². The molecular weight excluding hydrogens is 308 g/mol. The van der Waals surface area contributed by atoms with Crippen molar-refractivity contribution in [2.75, 3.05) is 7.11 Å². The summed E-state index contributed by atoms with van der Waals surface area (Å²) in [6, 6.07) is 8.20. The van der Waals surface area contributed by atoms with E-state index in [1.165, 1.54) is 5.56 Å². The van der Waals surface area contributed by atoms with Gasteiger partial charge in [0.05, 0.1) is 7.11 Å². The highest BCUT2D eigenvalue weighted by molar-refractivity contribution is 6.90. The van der Waals surface area contributed by atoms with Gasteiger partial charge in [0.1, 0.15) is 13.8 Å². The summed E-state index contributed by atoms with van der Waals surface area (Å²) in [5.41, 5.74) is 7.91. The molecule has 0 aliphatic heterocycles. The molecule has 0 aliphatic rings. The summed E-state index contributed by atoms with van der Waals surface area (Å²) in [4.78, 5) is 0. The highest BCUT2D eigenvalue weighted by Crippen LogP contribution is 2.41. The Morgan fingerprint density at radius 1 is 1.00 bits per heavy atom. The molecule has 24 heavy (non-hydrogen) atoms. The van der Waals surface area contributed by atoms with E-state index in [9.17, 15) is 0 Å². The van der Waals surface area contributed by atoms with Gasteiger partial charge in [-0.25, -0.2) is 0 Å². The summed E-state index contributed by atoms with van der Waals surface area (Å²) in [6.45, 7) is 20.5. The largest absolute Gasteiger partial charge is 0.497 e. The molecule has 2 heteroatoms. The zero-order chi connectivity index (χ0) is 18.5. The van der Waals surface area contributed by atoms with E-state index in [0.717, 1.165) is 11.3 Å². The molecule has 132 valence electrons.